The predicted molar refractivity (Wildman–Crippen MR) is 105 cm³/mol. The van der Waals surface area contributed by atoms with Crippen molar-refractivity contribution < 1.29 is 22.3 Å². The van der Waals surface area contributed by atoms with Crippen molar-refractivity contribution in [2.24, 2.45) is 0 Å². The number of halogens is 2. The Bertz CT molecular complexity index is 991. The second-order valence-corrected chi connectivity index (χ2v) is 8.56. The number of rotatable bonds is 5. The third-order valence-electron chi connectivity index (χ3n) is 4.50. The van der Waals surface area contributed by atoms with Crippen molar-refractivity contribution in [2.75, 3.05) is 31.6 Å². The Morgan fingerprint density at radius 3 is 2.64 bits per heavy atom. The maximum absolute atomic E-state index is 14.0. The van der Waals surface area contributed by atoms with Gasteiger partial charge >= 0.3 is 0 Å². The molecule has 0 bridgehead atoms. The first-order valence-corrected chi connectivity index (χ1v) is 10.6. The monoisotopic (exact) mass is 426 g/mol. The summed E-state index contributed by atoms with van der Waals surface area (Å²) in [4.78, 5) is 12.7. The van der Waals surface area contributed by atoms with Crippen LogP contribution in [0.5, 0.6) is 0 Å². The number of hydrogen-bond acceptors (Lipinski definition) is 4. The molecule has 150 valence electrons. The Kier molecular flexibility index (Phi) is 6.34. The molecule has 1 amide bonds. The quantitative estimate of drug-likeness (QED) is 0.795. The summed E-state index contributed by atoms with van der Waals surface area (Å²) in [6, 6.07) is 8.73. The van der Waals surface area contributed by atoms with Crippen LogP contribution in [0.3, 0.4) is 0 Å². The molecule has 1 aliphatic heterocycles. The maximum Gasteiger partial charge on any atom is 0.255 e. The van der Waals surface area contributed by atoms with Gasteiger partial charge in [-0.05, 0) is 36.2 Å². The Labute approximate surface area is 168 Å². The van der Waals surface area contributed by atoms with Crippen LogP contribution in [0, 0.1) is 5.82 Å². The molecular weight excluding hydrogens is 407 g/mol. The van der Waals surface area contributed by atoms with Gasteiger partial charge in [-0.15, -0.1) is 0 Å². The molecule has 28 heavy (non-hydrogen) atoms. The number of nitrogens with zero attached hydrogens (tertiary/aromatic N) is 1. The summed E-state index contributed by atoms with van der Waals surface area (Å²) in [6.45, 7) is 3.02. The molecule has 3 rings (SSSR count). The van der Waals surface area contributed by atoms with E-state index in [0.29, 0.717) is 25.2 Å². The van der Waals surface area contributed by atoms with E-state index in [1.807, 2.05) is 6.92 Å². The normalized spacial score (nSPS) is 15.4. The fourth-order valence-electron chi connectivity index (χ4n) is 2.95. The summed E-state index contributed by atoms with van der Waals surface area (Å²) < 4.78 is 46.7. The van der Waals surface area contributed by atoms with Crippen LogP contribution < -0.4 is 5.32 Å². The maximum atomic E-state index is 14.0. The Morgan fingerprint density at radius 2 is 1.96 bits per heavy atom. The van der Waals surface area contributed by atoms with Gasteiger partial charge in [-0.3, -0.25) is 4.79 Å². The van der Waals surface area contributed by atoms with Crippen LogP contribution >= 0.6 is 11.6 Å². The highest BCUT2D eigenvalue weighted by atomic mass is 35.5. The number of ether oxygens (including phenoxy) is 1. The Hall–Kier alpha value is -2.00. The lowest BCUT2D eigenvalue weighted by molar-refractivity contribution is 0.0730. The molecule has 1 heterocycles. The van der Waals surface area contributed by atoms with E-state index in [2.05, 4.69) is 5.32 Å². The van der Waals surface area contributed by atoms with Crippen molar-refractivity contribution in [3.05, 3.63) is 58.4 Å². The fourth-order valence-corrected chi connectivity index (χ4v) is 4.85. The second kappa shape index (κ2) is 8.57. The number of hydrogen-bond donors (Lipinski definition) is 1. The van der Waals surface area contributed by atoms with Gasteiger partial charge in [-0.1, -0.05) is 30.7 Å². The minimum Gasteiger partial charge on any atom is -0.379 e. The van der Waals surface area contributed by atoms with E-state index < -0.39 is 21.7 Å². The summed E-state index contributed by atoms with van der Waals surface area (Å²) in [6.07, 6.45) is 0.490. The van der Waals surface area contributed by atoms with Crippen molar-refractivity contribution in [1.82, 2.24) is 4.31 Å². The summed E-state index contributed by atoms with van der Waals surface area (Å²) in [5.41, 5.74) is 0.648. The minimum atomic E-state index is -3.77. The summed E-state index contributed by atoms with van der Waals surface area (Å²) in [7, 11) is -3.77. The van der Waals surface area contributed by atoms with Gasteiger partial charge in [0.2, 0.25) is 10.0 Å². The topological polar surface area (TPSA) is 75.7 Å². The number of carbonyl (C=O) groups is 1. The second-order valence-electron chi connectivity index (χ2n) is 6.25. The molecule has 0 saturated carbocycles. The van der Waals surface area contributed by atoms with E-state index in [1.54, 1.807) is 6.07 Å². The van der Waals surface area contributed by atoms with E-state index >= 15 is 0 Å². The largest absolute Gasteiger partial charge is 0.379 e. The number of morpholine rings is 1. The third kappa shape index (κ3) is 4.20. The smallest absolute Gasteiger partial charge is 0.255 e. The van der Waals surface area contributed by atoms with Crippen LogP contribution in [0.2, 0.25) is 5.02 Å². The van der Waals surface area contributed by atoms with Gasteiger partial charge in [0.15, 0.2) is 5.82 Å². The van der Waals surface area contributed by atoms with Crippen LogP contribution in [0.25, 0.3) is 0 Å². The first kappa shape index (κ1) is 20.7. The number of carbonyl (C=O) groups excluding carboxylic acids is 1. The minimum absolute atomic E-state index is 0.0744. The van der Waals surface area contributed by atoms with E-state index in [4.69, 9.17) is 16.3 Å². The van der Waals surface area contributed by atoms with Gasteiger partial charge in [0.1, 0.15) is 0 Å². The van der Waals surface area contributed by atoms with Gasteiger partial charge in [-0.2, -0.15) is 4.31 Å². The number of aryl methyl sites for hydroxylation is 1. The van der Waals surface area contributed by atoms with Crippen LogP contribution in [0.15, 0.2) is 41.3 Å². The summed E-state index contributed by atoms with van der Waals surface area (Å²) in [5.74, 6) is -1.37. The summed E-state index contributed by atoms with van der Waals surface area (Å²) >= 11 is 5.73. The lowest BCUT2D eigenvalue weighted by Crippen LogP contribution is -2.41. The molecule has 2 aromatic rings. The third-order valence-corrected chi connectivity index (χ3v) is 6.77. The molecule has 0 radical (unpaired) electrons. The molecule has 6 nitrogen and oxygen atoms in total. The van der Waals surface area contributed by atoms with Crippen molar-refractivity contribution in [3.8, 4) is 0 Å². The molecule has 2 aromatic carbocycles. The number of benzene rings is 2. The van der Waals surface area contributed by atoms with E-state index in [1.165, 1.54) is 34.6 Å². The number of sulfonamides is 1. The SMILES string of the molecule is CCc1ccc(C(=O)Nc2cccc(Cl)c2F)cc1S(=O)(=O)N1CCOCC1. The Balaban J connectivity index is 1.94. The zero-order valence-corrected chi connectivity index (χ0v) is 16.8. The fraction of sp³-hybridized carbons (Fsp3) is 0.316. The molecule has 0 aliphatic carbocycles. The lowest BCUT2D eigenvalue weighted by Gasteiger charge is -2.27. The standard InChI is InChI=1S/C19H20ClFN2O4S/c1-2-13-6-7-14(19(24)22-16-5-3-4-15(20)18(16)21)12-17(13)28(25,26)23-8-10-27-11-9-23/h3-7,12H,2,8-11H2,1H3,(H,22,24). The average Bonchev–Trinajstić information content (AvgIpc) is 2.71. The van der Waals surface area contributed by atoms with Crippen LogP contribution in [-0.4, -0.2) is 44.9 Å². The van der Waals surface area contributed by atoms with Crippen molar-refractivity contribution >= 4 is 33.2 Å². The zero-order valence-electron chi connectivity index (χ0n) is 15.2. The highest BCUT2D eigenvalue weighted by Gasteiger charge is 2.29. The molecule has 1 fully saturated rings. The first-order chi connectivity index (χ1) is 13.3. The van der Waals surface area contributed by atoms with Crippen LogP contribution in [0.4, 0.5) is 10.1 Å². The van der Waals surface area contributed by atoms with E-state index in [-0.39, 0.29) is 34.3 Å². The predicted octanol–water partition coefficient (Wildman–Crippen LogP) is 3.31. The van der Waals surface area contributed by atoms with Gasteiger partial charge < -0.3 is 10.1 Å². The number of anilines is 1. The highest BCUT2D eigenvalue weighted by molar-refractivity contribution is 7.89. The molecule has 1 saturated heterocycles. The molecule has 0 aromatic heterocycles. The van der Waals surface area contributed by atoms with Crippen molar-refractivity contribution in [2.45, 2.75) is 18.2 Å². The molecule has 1 N–H and O–H groups in total. The van der Waals surface area contributed by atoms with Crippen LogP contribution in [-0.2, 0) is 21.2 Å². The van der Waals surface area contributed by atoms with Gasteiger partial charge in [0.05, 0.1) is 28.8 Å². The molecule has 0 unspecified atom stereocenters. The first-order valence-electron chi connectivity index (χ1n) is 8.80. The summed E-state index contributed by atoms with van der Waals surface area (Å²) in [5, 5.41) is 2.32. The van der Waals surface area contributed by atoms with Gasteiger partial charge in [-0.25, -0.2) is 12.8 Å². The molecule has 0 spiro atoms. The van der Waals surface area contributed by atoms with Gasteiger partial charge in [0, 0.05) is 18.7 Å². The number of amides is 1. The molecule has 1 aliphatic rings. The van der Waals surface area contributed by atoms with E-state index in [0.717, 1.165) is 0 Å². The Morgan fingerprint density at radius 1 is 1.25 bits per heavy atom. The number of nitrogens with one attached hydrogen (secondary N) is 1. The average molecular weight is 427 g/mol. The van der Waals surface area contributed by atoms with Crippen molar-refractivity contribution in [1.29, 1.82) is 0 Å². The molecular formula is C19H20ClFN2O4S. The molecule has 9 heteroatoms. The van der Waals surface area contributed by atoms with E-state index in [9.17, 15) is 17.6 Å². The van der Waals surface area contributed by atoms with Crippen LogP contribution in [0.1, 0.15) is 22.8 Å². The van der Waals surface area contributed by atoms with Gasteiger partial charge in [0.25, 0.3) is 5.91 Å². The highest BCUT2D eigenvalue weighted by Crippen LogP contribution is 2.25. The lowest BCUT2D eigenvalue weighted by atomic mass is 10.1. The molecule has 0 atom stereocenters. The zero-order chi connectivity index (χ0) is 20.3. The van der Waals surface area contributed by atoms with Crippen molar-refractivity contribution in [3.63, 3.8) is 0 Å².